The number of allylic oxidation sites excluding steroid dienone is 1. The van der Waals surface area contributed by atoms with Gasteiger partial charge in [-0.25, -0.2) is 9.37 Å². The molecule has 14 heteroatoms. The molecule has 9 nitrogen and oxygen atoms in total. The van der Waals surface area contributed by atoms with Gasteiger partial charge in [0, 0.05) is 10.00 Å². The highest BCUT2D eigenvalue weighted by Crippen LogP contribution is 2.78. The first-order valence-electron chi connectivity index (χ1n) is 13.7. The van der Waals surface area contributed by atoms with Crippen molar-refractivity contribution in [1.29, 1.82) is 0 Å². The Morgan fingerprint density at radius 3 is 2.85 bits per heavy atom. The second-order valence-electron chi connectivity index (χ2n) is 13.0. The predicted molar refractivity (Wildman–Crippen MR) is 166 cm³/mol. The van der Waals surface area contributed by atoms with Gasteiger partial charge in [-0.1, -0.05) is 55.7 Å². The van der Waals surface area contributed by atoms with Crippen LogP contribution in [0.3, 0.4) is 0 Å². The highest BCUT2D eigenvalue weighted by atomic mass is 33.1. The maximum absolute atomic E-state index is 16.3. The first-order valence-corrected chi connectivity index (χ1v) is 20.8. The zero-order chi connectivity index (χ0) is 29.2. The SMILES string of the molecule is C=C(C)[C@@H]1CC[C@]2(C)SP(OC[C@H]3O[C@@H](n4cnc5c(=O)[nH]c(N)nc54)[C@H](F)[C@@H]3O[Si](C)(C)C(C)(C)C)S[C@H]2C1. The number of nitrogens with two attached hydrogens (primary N) is 1. The number of aromatic nitrogens is 4. The number of ether oxygens (including phenoxy) is 1. The Kier molecular flexibility index (Phi) is 8.35. The van der Waals surface area contributed by atoms with Gasteiger partial charge >= 0.3 is 0 Å². The van der Waals surface area contributed by atoms with E-state index in [2.05, 4.69) is 69.2 Å². The first kappa shape index (κ1) is 30.5. The van der Waals surface area contributed by atoms with Crippen LogP contribution < -0.4 is 11.3 Å². The number of nitrogen functional groups attached to an aromatic ring is 1. The zero-order valence-electron chi connectivity index (χ0n) is 24.3. The largest absolute Gasteiger partial charge is 0.408 e. The van der Waals surface area contributed by atoms with Crippen molar-refractivity contribution in [1.82, 2.24) is 19.5 Å². The van der Waals surface area contributed by atoms with E-state index in [9.17, 15) is 4.79 Å². The van der Waals surface area contributed by atoms with Crippen LogP contribution >= 0.6 is 29.3 Å². The molecule has 0 amide bonds. The number of imidazole rings is 1. The molecule has 0 radical (unpaired) electrons. The number of hydrogen-bond acceptors (Lipinski definition) is 9. The average molecular weight is 630 g/mol. The lowest BCUT2D eigenvalue weighted by Gasteiger charge is -2.39. The quantitative estimate of drug-likeness (QED) is 0.200. The van der Waals surface area contributed by atoms with Gasteiger partial charge in [0.2, 0.25) is 5.95 Å². The van der Waals surface area contributed by atoms with Crippen molar-refractivity contribution >= 4 is 54.7 Å². The lowest BCUT2D eigenvalue weighted by molar-refractivity contribution is -0.0377. The number of nitrogens with one attached hydrogen (secondary N) is 1. The molecule has 3 aliphatic rings. The van der Waals surface area contributed by atoms with Gasteiger partial charge in [0.05, 0.1) is 12.9 Å². The normalized spacial score (nSPS) is 34.9. The van der Waals surface area contributed by atoms with Gasteiger partial charge in [-0.3, -0.25) is 14.3 Å². The van der Waals surface area contributed by atoms with Gasteiger partial charge in [0.1, 0.15) is 12.2 Å². The number of fused-ring (bicyclic) bond motifs is 2. The van der Waals surface area contributed by atoms with E-state index in [4.69, 9.17) is 19.4 Å². The minimum atomic E-state index is -2.36. The Hall–Kier alpha value is -0.953. The standard InChI is InChI=1S/C26H41FN5O4PS2Si/c1-14(2)15-9-10-26(6)17(11-15)38-37(39-26)34-12-16-20(36-40(7,8)25(3,4)5)18(27)23(35-16)32-13-29-19-21(32)30-24(28)31-22(19)33/h13,15-18,20,23H,1,9-12H2,2-8H3,(H3,28,30,31,33)/t15-,16-,17+,18-,20-,23-,26+,37?/m1/s1. The first-order chi connectivity index (χ1) is 18.6. The van der Waals surface area contributed by atoms with Crippen molar-refractivity contribution in [3.05, 3.63) is 28.8 Å². The van der Waals surface area contributed by atoms with Gasteiger partial charge < -0.3 is 19.4 Å². The summed E-state index contributed by atoms with van der Waals surface area (Å²) in [6, 6.07) is 0. The van der Waals surface area contributed by atoms with Crippen LogP contribution in [0.25, 0.3) is 11.2 Å². The summed E-state index contributed by atoms with van der Waals surface area (Å²) < 4.78 is 37.5. The van der Waals surface area contributed by atoms with Gasteiger partial charge in [-0.2, -0.15) is 4.98 Å². The molecule has 2 aromatic rings. The van der Waals surface area contributed by atoms with E-state index in [1.165, 1.54) is 22.9 Å². The van der Waals surface area contributed by atoms with Crippen molar-refractivity contribution in [2.75, 3.05) is 12.3 Å². The molecule has 1 unspecified atom stereocenters. The number of aromatic amines is 1. The van der Waals surface area contributed by atoms with Crippen molar-refractivity contribution < 1.29 is 18.1 Å². The summed E-state index contributed by atoms with van der Waals surface area (Å²) in [5.41, 5.74) is 6.83. The Morgan fingerprint density at radius 2 is 2.17 bits per heavy atom. The fourth-order valence-electron chi connectivity index (χ4n) is 5.28. The van der Waals surface area contributed by atoms with Crippen molar-refractivity contribution in [2.45, 2.75) is 107 Å². The number of rotatable bonds is 7. The number of halogens is 1. The van der Waals surface area contributed by atoms with Crippen LogP contribution in [-0.4, -0.2) is 62.8 Å². The maximum atomic E-state index is 16.3. The smallest absolute Gasteiger partial charge is 0.280 e. The number of anilines is 1. The summed E-state index contributed by atoms with van der Waals surface area (Å²) >= 11 is 3.86. The minimum absolute atomic E-state index is 0.0662. The van der Waals surface area contributed by atoms with Crippen LogP contribution in [0.15, 0.2) is 23.3 Å². The molecule has 222 valence electrons. The third-order valence-electron chi connectivity index (χ3n) is 8.94. The van der Waals surface area contributed by atoms with Gasteiger partial charge in [-0.05, 0) is 57.2 Å². The predicted octanol–water partition coefficient (Wildman–Crippen LogP) is 6.55. The molecule has 2 aliphatic heterocycles. The summed E-state index contributed by atoms with van der Waals surface area (Å²) in [5.74, 6) is 0.498. The molecule has 2 saturated heterocycles. The van der Waals surface area contributed by atoms with Crippen LogP contribution in [0.5, 0.6) is 0 Å². The maximum Gasteiger partial charge on any atom is 0.280 e. The van der Waals surface area contributed by atoms with Crippen LogP contribution in [0.4, 0.5) is 10.3 Å². The van der Waals surface area contributed by atoms with Crippen molar-refractivity contribution in [2.24, 2.45) is 5.92 Å². The van der Waals surface area contributed by atoms with Crippen LogP contribution in [0, 0.1) is 5.92 Å². The van der Waals surface area contributed by atoms with E-state index in [1.54, 1.807) is 0 Å². The molecule has 2 aromatic heterocycles. The fraction of sp³-hybridized carbons (Fsp3) is 0.731. The molecule has 1 aliphatic carbocycles. The zero-order valence-corrected chi connectivity index (χ0v) is 27.8. The molecular formula is C26H41FN5O4PS2Si. The molecule has 4 heterocycles. The minimum Gasteiger partial charge on any atom is -0.408 e. The molecule has 0 bridgehead atoms. The molecule has 8 atom stereocenters. The van der Waals surface area contributed by atoms with Gasteiger partial charge in [0.25, 0.3) is 5.56 Å². The Morgan fingerprint density at radius 1 is 1.45 bits per heavy atom. The van der Waals surface area contributed by atoms with E-state index in [0.717, 1.165) is 12.8 Å². The highest BCUT2D eigenvalue weighted by molar-refractivity contribution is 8.89. The van der Waals surface area contributed by atoms with Crippen LogP contribution in [-0.2, 0) is 13.7 Å². The number of nitrogens with zero attached hydrogens (tertiary/aromatic N) is 3. The lowest BCUT2D eigenvalue weighted by atomic mass is 9.79. The molecular weight excluding hydrogens is 589 g/mol. The monoisotopic (exact) mass is 629 g/mol. The summed E-state index contributed by atoms with van der Waals surface area (Å²) in [7, 11) is -2.36. The second-order valence-corrected chi connectivity index (χ2v) is 24.2. The summed E-state index contributed by atoms with van der Waals surface area (Å²) in [4.78, 5) is 23.2. The average Bonchev–Trinajstić information content (AvgIpc) is 3.50. The fourth-order valence-corrected chi connectivity index (χ4v) is 16.3. The molecule has 5 rings (SSSR count). The number of H-pyrrole nitrogens is 1. The van der Waals surface area contributed by atoms with E-state index in [1.807, 2.05) is 22.8 Å². The topological polar surface area (TPSA) is 117 Å². The van der Waals surface area contributed by atoms with Crippen molar-refractivity contribution in [3.63, 3.8) is 0 Å². The molecule has 0 aromatic carbocycles. The molecule has 40 heavy (non-hydrogen) atoms. The van der Waals surface area contributed by atoms with E-state index < -0.39 is 45.0 Å². The van der Waals surface area contributed by atoms with Gasteiger partial charge in [-0.15, -0.1) is 0 Å². The van der Waals surface area contributed by atoms with E-state index >= 15 is 4.39 Å². The van der Waals surface area contributed by atoms with Gasteiger partial charge in [0.15, 0.2) is 38.4 Å². The van der Waals surface area contributed by atoms with Crippen LogP contribution in [0.2, 0.25) is 18.1 Å². The lowest BCUT2D eigenvalue weighted by Crippen LogP contribution is -2.49. The summed E-state index contributed by atoms with van der Waals surface area (Å²) in [5, 5.41) is 0.392. The number of alkyl halides is 1. The summed E-state index contributed by atoms with van der Waals surface area (Å²) in [6.07, 6.45) is 0.759. The number of hydrogen-bond donors (Lipinski definition) is 2. The second kappa shape index (κ2) is 11.0. The van der Waals surface area contributed by atoms with Crippen LogP contribution in [0.1, 0.15) is 60.1 Å². The van der Waals surface area contributed by atoms with E-state index in [-0.39, 0.29) is 33.5 Å². The van der Waals surface area contributed by atoms with Crippen molar-refractivity contribution in [3.8, 4) is 0 Å². The third kappa shape index (κ3) is 5.68. The Balaban J connectivity index is 1.37. The molecule has 3 N–H and O–H groups in total. The molecule has 1 saturated carbocycles. The third-order valence-corrected chi connectivity index (χ3v) is 21.2. The molecule has 0 spiro atoms. The highest BCUT2D eigenvalue weighted by Gasteiger charge is 2.53. The molecule has 3 fully saturated rings. The van der Waals surface area contributed by atoms with E-state index in [0.29, 0.717) is 11.2 Å². The Labute approximate surface area is 245 Å². The Bertz CT molecular complexity index is 1340. The summed E-state index contributed by atoms with van der Waals surface area (Å²) in [6.45, 7) is 18.7.